The molecule has 1 N–H and O–H groups in total. The van der Waals surface area contributed by atoms with Crippen molar-refractivity contribution in [3.05, 3.63) is 29.0 Å². The molecular formula is C15H20ClN3. The minimum atomic E-state index is 0.165. The van der Waals surface area contributed by atoms with Crippen LogP contribution >= 0.6 is 11.6 Å². The van der Waals surface area contributed by atoms with E-state index in [1.54, 1.807) is 0 Å². The van der Waals surface area contributed by atoms with E-state index in [9.17, 15) is 0 Å². The van der Waals surface area contributed by atoms with E-state index in [0.717, 1.165) is 48.5 Å². The van der Waals surface area contributed by atoms with Crippen molar-refractivity contribution in [2.45, 2.75) is 38.6 Å². The Morgan fingerprint density at radius 1 is 1.42 bits per heavy atom. The fourth-order valence-corrected chi connectivity index (χ4v) is 3.52. The molecule has 0 radical (unpaired) electrons. The van der Waals surface area contributed by atoms with Crippen LogP contribution in [0, 0.1) is 0 Å². The number of fused-ring (bicyclic) bond motifs is 1. The van der Waals surface area contributed by atoms with Crippen LogP contribution in [0.3, 0.4) is 0 Å². The first kappa shape index (κ1) is 12.9. The van der Waals surface area contributed by atoms with Crippen LogP contribution in [0.4, 0.5) is 0 Å². The van der Waals surface area contributed by atoms with E-state index in [2.05, 4.69) is 29.8 Å². The monoisotopic (exact) mass is 277 g/mol. The molecule has 2 aromatic rings. The van der Waals surface area contributed by atoms with Crippen LogP contribution in [-0.4, -0.2) is 22.6 Å². The number of benzene rings is 1. The first-order valence-corrected chi connectivity index (χ1v) is 7.45. The molecule has 0 spiro atoms. The van der Waals surface area contributed by atoms with Crippen LogP contribution in [0.15, 0.2) is 18.2 Å². The van der Waals surface area contributed by atoms with Gasteiger partial charge in [-0.2, -0.15) is 0 Å². The lowest BCUT2D eigenvalue weighted by atomic mass is 9.83. The Morgan fingerprint density at radius 3 is 2.89 bits per heavy atom. The van der Waals surface area contributed by atoms with Crippen LogP contribution in [0.1, 0.15) is 32.5 Å². The molecule has 102 valence electrons. The maximum atomic E-state index is 6.37. The fraction of sp³-hybridized carbons (Fsp3) is 0.533. The zero-order chi connectivity index (χ0) is 13.5. The summed E-state index contributed by atoms with van der Waals surface area (Å²) in [5.74, 6) is 1.20. The van der Waals surface area contributed by atoms with Gasteiger partial charge in [-0.05, 0) is 38.4 Å². The number of hydrogen-bond donors (Lipinski definition) is 1. The second-order valence-corrected chi connectivity index (χ2v) is 5.76. The zero-order valence-electron chi connectivity index (χ0n) is 11.5. The van der Waals surface area contributed by atoms with E-state index in [4.69, 9.17) is 16.6 Å². The zero-order valence-corrected chi connectivity index (χ0v) is 12.3. The average Bonchev–Trinajstić information content (AvgIpc) is 3.04. The Kier molecular flexibility index (Phi) is 3.27. The first-order valence-electron chi connectivity index (χ1n) is 7.08. The third-order valence-electron chi connectivity index (χ3n) is 4.43. The quantitative estimate of drug-likeness (QED) is 0.932. The van der Waals surface area contributed by atoms with E-state index in [-0.39, 0.29) is 5.41 Å². The highest BCUT2D eigenvalue weighted by atomic mass is 35.5. The number of para-hydroxylation sites is 1. The Balaban J connectivity index is 2.26. The molecule has 4 heteroatoms. The van der Waals surface area contributed by atoms with Crippen LogP contribution < -0.4 is 5.32 Å². The van der Waals surface area contributed by atoms with Gasteiger partial charge in [0.15, 0.2) is 0 Å². The molecule has 0 saturated carbocycles. The molecule has 1 unspecified atom stereocenters. The molecule has 3 rings (SSSR count). The lowest BCUT2D eigenvalue weighted by Crippen LogP contribution is -2.31. The predicted molar refractivity (Wildman–Crippen MR) is 79.9 cm³/mol. The molecular weight excluding hydrogens is 258 g/mol. The molecule has 3 nitrogen and oxygen atoms in total. The highest BCUT2D eigenvalue weighted by Gasteiger charge is 2.38. The molecule has 0 aliphatic carbocycles. The SMILES string of the molecule is CCn1c(C2(CC)CCNC2)nc2cccc(Cl)c21. The minimum Gasteiger partial charge on any atom is -0.327 e. The van der Waals surface area contributed by atoms with Gasteiger partial charge in [0.05, 0.1) is 16.1 Å². The molecule has 1 aromatic heterocycles. The van der Waals surface area contributed by atoms with Crippen molar-refractivity contribution in [2.24, 2.45) is 0 Å². The molecule has 2 heterocycles. The highest BCUT2D eigenvalue weighted by molar-refractivity contribution is 6.35. The highest BCUT2D eigenvalue weighted by Crippen LogP contribution is 2.36. The molecule has 19 heavy (non-hydrogen) atoms. The number of nitrogens with one attached hydrogen (secondary N) is 1. The maximum Gasteiger partial charge on any atom is 0.117 e. The summed E-state index contributed by atoms with van der Waals surface area (Å²) >= 11 is 6.37. The van der Waals surface area contributed by atoms with Gasteiger partial charge in [-0.15, -0.1) is 0 Å². The normalized spacial score (nSPS) is 23.3. The molecule has 1 fully saturated rings. The summed E-state index contributed by atoms with van der Waals surface area (Å²) in [6.07, 6.45) is 2.27. The summed E-state index contributed by atoms with van der Waals surface area (Å²) in [4.78, 5) is 4.91. The molecule has 1 saturated heterocycles. The van der Waals surface area contributed by atoms with E-state index >= 15 is 0 Å². The topological polar surface area (TPSA) is 29.9 Å². The van der Waals surface area contributed by atoms with Gasteiger partial charge in [0.25, 0.3) is 0 Å². The number of aryl methyl sites for hydroxylation is 1. The first-order chi connectivity index (χ1) is 9.22. The average molecular weight is 278 g/mol. The van der Waals surface area contributed by atoms with Gasteiger partial charge >= 0.3 is 0 Å². The number of hydrogen-bond acceptors (Lipinski definition) is 2. The van der Waals surface area contributed by atoms with Crippen LogP contribution in [-0.2, 0) is 12.0 Å². The molecule has 1 aliphatic rings. The van der Waals surface area contributed by atoms with Crippen molar-refractivity contribution in [1.82, 2.24) is 14.9 Å². The van der Waals surface area contributed by atoms with E-state index in [0.29, 0.717) is 0 Å². The molecule has 1 atom stereocenters. The fourth-order valence-electron chi connectivity index (χ4n) is 3.25. The summed E-state index contributed by atoms with van der Waals surface area (Å²) in [6, 6.07) is 5.99. The molecule has 0 bridgehead atoms. The number of halogens is 1. The number of aromatic nitrogens is 2. The summed E-state index contributed by atoms with van der Waals surface area (Å²) in [7, 11) is 0. The second-order valence-electron chi connectivity index (χ2n) is 5.35. The van der Waals surface area contributed by atoms with Crippen molar-refractivity contribution in [2.75, 3.05) is 13.1 Å². The Morgan fingerprint density at radius 2 is 2.26 bits per heavy atom. The number of imidazole rings is 1. The summed E-state index contributed by atoms with van der Waals surface area (Å²) in [6.45, 7) is 7.43. The van der Waals surface area contributed by atoms with Gasteiger partial charge in [-0.25, -0.2) is 4.98 Å². The van der Waals surface area contributed by atoms with E-state index in [1.165, 1.54) is 5.82 Å². The predicted octanol–water partition coefficient (Wildman–Crippen LogP) is 3.35. The van der Waals surface area contributed by atoms with Crippen LogP contribution in [0.5, 0.6) is 0 Å². The summed E-state index contributed by atoms with van der Waals surface area (Å²) in [5.41, 5.74) is 2.27. The van der Waals surface area contributed by atoms with Crippen molar-refractivity contribution < 1.29 is 0 Å². The van der Waals surface area contributed by atoms with Crippen molar-refractivity contribution >= 4 is 22.6 Å². The van der Waals surface area contributed by atoms with Gasteiger partial charge in [0.2, 0.25) is 0 Å². The van der Waals surface area contributed by atoms with Gasteiger partial charge in [-0.1, -0.05) is 24.6 Å². The second kappa shape index (κ2) is 4.80. The molecule has 1 aromatic carbocycles. The third-order valence-corrected chi connectivity index (χ3v) is 4.73. The minimum absolute atomic E-state index is 0.165. The molecule has 0 amide bonds. The Hall–Kier alpha value is -1.06. The van der Waals surface area contributed by atoms with E-state index in [1.807, 2.05) is 12.1 Å². The summed E-state index contributed by atoms with van der Waals surface area (Å²) < 4.78 is 2.30. The Bertz CT molecular complexity index is 597. The largest absolute Gasteiger partial charge is 0.327 e. The van der Waals surface area contributed by atoms with Gasteiger partial charge < -0.3 is 9.88 Å². The number of rotatable bonds is 3. The number of nitrogens with zero attached hydrogens (tertiary/aromatic N) is 2. The van der Waals surface area contributed by atoms with E-state index < -0.39 is 0 Å². The summed E-state index contributed by atoms with van der Waals surface area (Å²) in [5, 5.41) is 4.29. The lowest BCUT2D eigenvalue weighted by molar-refractivity contribution is 0.408. The van der Waals surface area contributed by atoms with Gasteiger partial charge in [0.1, 0.15) is 5.82 Å². The lowest BCUT2D eigenvalue weighted by Gasteiger charge is -2.26. The van der Waals surface area contributed by atoms with Crippen LogP contribution in [0.25, 0.3) is 11.0 Å². The molecule has 1 aliphatic heterocycles. The van der Waals surface area contributed by atoms with Crippen molar-refractivity contribution in [3.8, 4) is 0 Å². The van der Waals surface area contributed by atoms with Gasteiger partial charge in [0, 0.05) is 18.5 Å². The maximum absolute atomic E-state index is 6.37. The van der Waals surface area contributed by atoms with Gasteiger partial charge in [-0.3, -0.25) is 0 Å². The smallest absolute Gasteiger partial charge is 0.117 e. The van der Waals surface area contributed by atoms with Crippen molar-refractivity contribution in [3.63, 3.8) is 0 Å². The van der Waals surface area contributed by atoms with Crippen molar-refractivity contribution in [1.29, 1.82) is 0 Å². The third kappa shape index (κ3) is 1.87. The Labute approximate surface area is 119 Å². The standard InChI is InChI=1S/C15H20ClN3/c1-3-15(8-9-17-10-15)14-18-12-7-5-6-11(16)13(12)19(14)4-2/h5-7,17H,3-4,8-10H2,1-2H3. The van der Waals surface area contributed by atoms with Crippen LogP contribution in [0.2, 0.25) is 5.02 Å².